The zero-order valence-electron chi connectivity index (χ0n) is 13.7. The summed E-state index contributed by atoms with van der Waals surface area (Å²) in [5, 5.41) is 0. The second-order valence-electron chi connectivity index (χ2n) is 5.98. The highest BCUT2D eigenvalue weighted by atomic mass is 16.5. The Balaban J connectivity index is 1.53. The van der Waals surface area contributed by atoms with Crippen molar-refractivity contribution < 1.29 is 19.1 Å². The molecule has 0 aromatic heterocycles. The van der Waals surface area contributed by atoms with Crippen LogP contribution >= 0.6 is 0 Å². The first-order valence-corrected chi connectivity index (χ1v) is 8.09. The number of hydrogen-bond donors (Lipinski definition) is 0. The van der Waals surface area contributed by atoms with Gasteiger partial charge in [0.05, 0.1) is 19.1 Å². The Kier molecular flexibility index (Phi) is 4.94. The van der Waals surface area contributed by atoms with Gasteiger partial charge in [-0.25, -0.2) is 4.79 Å². The molecule has 0 bridgehead atoms. The molecule has 4 heteroatoms. The molecule has 0 radical (unpaired) electrons. The maximum Gasteiger partial charge on any atom is 0.337 e. The lowest BCUT2D eigenvalue weighted by Gasteiger charge is -2.07. The van der Waals surface area contributed by atoms with E-state index in [0.29, 0.717) is 5.56 Å². The first-order chi connectivity index (χ1) is 11.7. The predicted molar refractivity (Wildman–Crippen MR) is 89.7 cm³/mol. The van der Waals surface area contributed by atoms with Crippen LogP contribution in [0.2, 0.25) is 0 Å². The highest BCUT2D eigenvalue weighted by Crippen LogP contribution is 2.23. The van der Waals surface area contributed by atoms with E-state index in [1.807, 2.05) is 6.07 Å². The van der Waals surface area contributed by atoms with Gasteiger partial charge in [0, 0.05) is 0 Å². The zero-order valence-corrected chi connectivity index (χ0v) is 13.7. The third-order valence-corrected chi connectivity index (χ3v) is 4.29. The number of carbonyl (C=O) groups excluding carboxylic acids is 2. The SMILES string of the molecule is COC(=O)c1ccc(COC(=O)Cc2ccc3c(c2)CCC3)cc1. The summed E-state index contributed by atoms with van der Waals surface area (Å²) < 4.78 is 9.97. The Labute approximate surface area is 141 Å². The highest BCUT2D eigenvalue weighted by molar-refractivity contribution is 5.89. The summed E-state index contributed by atoms with van der Waals surface area (Å²) in [7, 11) is 1.34. The van der Waals surface area contributed by atoms with Gasteiger partial charge in [-0.2, -0.15) is 0 Å². The highest BCUT2D eigenvalue weighted by Gasteiger charge is 2.13. The number of fused-ring (bicyclic) bond motifs is 1. The van der Waals surface area contributed by atoms with Gasteiger partial charge >= 0.3 is 11.9 Å². The van der Waals surface area contributed by atoms with E-state index in [0.717, 1.165) is 24.0 Å². The summed E-state index contributed by atoms with van der Waals surface area (Å²) in [6, 6.07) is 13.1. The molecule has 0 saturated heterocycles. The van der Waals surface area contributed by atoms with Crippen LogP contribution in [-0.2, 0) is 40.1 Å². The summed E-state index contributed by atoms with van der Waals surface area (Å²) >= 11 is 0. The average molecular weight is 324 g/mol. The van der Waals surface area contributed by atoms with Gasteiger partial charge < -0.3 is 9.47 Å². The van der Waals surface area contributed by atoms with Gasteiger partial charge in [-0.3, -0.25) is 4.79 Å². The Morgan fingerprint density at radius 2 is 1.67 bits per heavy atom. The zero-order chi connectivity index (χ0) is 16.9. The van der Waals surface area contributed by atoms with Crippen LogP contribution in [0.25, 0.3) is 0 Å². The minimum atomic E-state index is -0.379. The van der Waals surface area contributed by atoms with Crippen molar-refractivity contribution in [1.82, 2.24) is 0 Å². The Morgan fingerprint density at radius 1 is 0.958 bits per heavy atom. The minimum absolute atomic E-state index is 0.200. The van der Waals surface area contributed by atoms with Gasteiger partial charge in [-0.05, 0) is 53.6 Å². The van der Waals surface area contributed by atoms with E-state index in [1.165, 1.54) is 24.7 Å². The smallest absolute Gasteiger partial charge is 0.337 e. The maximum atomic E-state index is 12.0. The standard InChI is InChI=1S/C20H20O4/c1-23-20(22)17-9-5-14(6-10-17)13-24-19(21)12-15-7-8-16-3-2-4-18(16)11-15/h5-11H,2-4,12-13H2,1H3. The number of carbonyl (C=O) groups is 2. The van der Waals surface area contributed by atoms with Crippen molar-refractivity contribution in [2.24, 2.45) is 0 Å². The minimum Gasteiger partial charge on any atom is -0.465 e. The number of ether oxygens (including phenoxy) is 2. The molecule has 2 aromatic rings. The molecule has 0 fully saturated rings. The number of aryl methyl sites for hydroxylation is 2. The number of benzene rings is 2. The van der Waals surface area contributed by atoms with Gasteiger partial charge in [-0.15, -0.1) is 0 Å². The fraction of sp³-hybridized carbons (Fsp3) is 0.300. The van der Waals surface area contributed by atoms with E-state index in [2.05, 4.69) is 16.9 Å². The largest absolute Gasteiger partial charge is 0.465 e. The summed E-state index contributed by atoms with van der Waals surface area (Å²) in [5.41, 5.74) is 5.08. The van der Waals surface area contributed by atoms with Crippen LogP contribution in [0.3, 0.4) is 0 Å². The summed E-state index contributed by atoms with van der Waals surface area (Å²) in [6.45, 7) is 0.200. The van der Waals surface area contributed by atoms with Crippen LogP contribution in [0.5, 0.6) is 0 Å². The fourth-order valence-electron chi connectivity index (χ4n) is 2.97. The molecule has 0 amide bonds. The molecule has 3 rings (SSSR count). The molecule has 0 saturated carbocycles. The van der Waals surface area contributed by atoms with Crippen molar-refractivity contribution in [3.63, 3.8) is 0 Å². The lowest BCUT2D eigenvalue weighted by molar-refractivity contribution is -0.144. The van der Waals surface area contributed by atoms with Crippen LogP contribution in [0.1, 0.15) is 39.0 Å². The Hall–Kier alpha value is -2.62. The van der Waals surface area contributed by atoms with Gasteiger partial charge in [-0.1, -0.05) is 30.3 Å². The van der Waals surface area contributed by atoms with Crippen LogP contribution in [0.15, 0.2) is 42.5 Å². The Morgan fingerprint density at radius 3 is 2.42 bits per heavy atom. The molecule has 124 valence electrons. The van der Waals surface area contributed by atoms with Gasteiger partial charge in [0.25, 0.3) is 0 Å². The summed E-state index contributed by atoms with van der Waals surface area (Å²) in [5.74, 6) is -0.625. The van der Waals surface area contributed by atoms with Crippen molar-refractivity contribution in [3.05, 3.63) is 70.3 Å². The van der Waals surface area contributed by atoms with Crippen molar-refractivity contribution in [1.29, 1.82) is 0 Å². The van der Waals surface area contributed by atoms with E-state index in [9.17, 15) is 9.59 Å². The predicted octanol–water partition coefficient (Wildman–Crippen LogP) is 3.25. The molecule has 0 spiro atoms. The molecular weight excluding hydrogens is 304 g/mol. The van der Waals surface area contributed by atoms with E-state index in [4.69, 9.17) is 4.74 Å². The average Bonchev–Trinajstić information content (AvgIpc) is 3.07. The van der Waals surface area contributed by atoms with E-state index >= 15 is 0 Å². The molecule has 0 unspecified atom stereocenters. The lowest BCUT2D eigenvalue weighted by atomic mass is 10.0. The number of rotatable bonds is 5. The van der Waals surface area contributed by atoms with Crippen molar-refractivity contribution in [2.75, 3.05) is 7.11 Å². The summed E-state index contributed by atoms with van der Waals surface area (Å²) in [6.07, 6.45) is 3.73. The van der Waals surface area contributed by atoms with Crippen LogP contribution < -0.4 is 0 Å². The number of methoxy groups -OCH3 is 1. The quantitative estimate of drug-likeness (QED) is 0.792. The number of esters is 2. The van der Waals surface area contributed by atoms with Crippen molar-refractivity contribution >= 4 is 11.9 Å². The second-order valence-corrected chi connectivity index (χ2v) is 5.98. The lowest BCUT2D eigenvalue weighted by Crippen LogP contribution is -2.08. The second kappa shape index (κ2) is 7.30. The topological polar surface area (TPSA) is 52.6 Å². The third kappa shape index (κ3) is 3.82. The normalized spacial score (nSPS) is 12.5. The maximum absolute atomic E-state index is 12.0. The Bertz CT molecular complexity index is 747. The molecule has 0 N–H and O–H groups in total. The molecule has 24 heavy (non-hydrogen) atoms. The van der Waals surface area contributed by atoms with Crippen LogP contribution in [0, 0.1) is 0 Å². The first kappa shape index (κ1) is 16.2. The van der Waals surface area contributed by atoms with Crippen LogP contribution in [0.4, 0.5) is 0 Å². The first-order valence-electron chi connectivity index (χ1n) is 8.09. The third-order valence-electron chi connectivity index (χ3n) is 4.29. The van der Waals surface area contributed by atoms with Gasteiger partial charge in [0.15, 0.2) is 0 Å². The van der Waals surface area contributed by atoms with Gasteiger partial charge in [0.2, 0.25) is 0 Å². The monoisotopic (exact) mass is 324 g/mol. The molecule has 1 aliphatic carbocycles. The molecule has 0 aliphatic heterocycles. The van der Waals surface area contributed by atoms with Crippen LogP contribution in [-0.4, -0.2) is 19.0 Å². The van der Waals surface area contributed by atoms with E-state index < -0.39 is 0 Å². The summed E-state index contributed by atoms with van der Waals surface area (Å²) in [4.78, 5) is 23.4. The molecule has 0 atom stereocenters. The van der Waals surface area contributed by atoms with E-state index in [-0.39, 0.29) is 25.0 Å². The van der Waals surface area contributed by atoms with Gasteiger partial charge in [0.1, 0.15) is 6.61 Å². The molecule has 2 aromatic carbocycles. The fourth-order valence-corrected chi connectivity index (χ4v) is 2.97. The molecule has 1 aliphatic rings. The molecular formula is C20H20O4. The molecule has 0 heterocycles. The number of hydrogen-bond acceptors (Lipinski definition) is 4. The van der Waals surface area contributed by atoms with Crippen molar-refractivity contribution in [2.45, 2.75) is 32.3 Å². The molecule has 4 nitrogen and oxygen atoms in total. The van der Waals surface area contributed by atoms with E-state index in [1.54, 1.807) is 24.3 Å². The van der Waals surface area contributed by atoms with Crippen molar-refractivity contribution in [3.8, 4) is 0 Å².